The average Bonchev–Trinajstić information content (AvgIpc) is 2.24. The normalized spacial score (nSPS) is 34.3. The lowest BCUT2D eigenvalue weighted by Gasteiger charge is -2.38. The van der Waals surface area contributed by atoms with Gasteiger partial charge in [0.05, 0.1) is 5.92 Å². The minimum Gasteiger partial charge on any atom is -0.481 e. The van der Waals surface area contributed by atoms with E-state index in [-0.39, 0.29) is 17.7 Å². The van der Waals surface area contributed by atoms with Gasteiger partial charge in [-0.25, -0.2) is 0 Å². The number of carbonyl (C=O) groups excluding carboxylic acids is 1. The SMILES string of the molecule is CC1CC(C(=O)N2CCC[C@H](C(=O)O)C2)C1. The van der Waals surface area contributed by atoms with Gasteiger partial charge in [0.2, 0.25) is 5.91 Å². The number of piperidine rings is 1. The van der Waals surface area contributed by atoms with E-state index in [1.165, 1.54) is 0 Å². The van der Waals surface area contributed by atoms with Crippen LogP contribution in [-0.2, 0) is 9.59 Å². The molecular weight excluding hydrogens is 206 g/mol. The minimum atomic E-state index is -0.764. The van der Waals surface area contributed by atoms with Crippen LogP contribution in [0.5, 0.6) is 0 Å². The standard InChI is InChI=1S/C12H19NO3/c1-8-5-10(6-8)11(14)13-4-2-3-9(7-13)12(15)16/h8-10H,2-7H2,1H3,(H,15,16)/t8?,9-,10?/m0/s1. The molecule has 1 amide bonds. The Kier molecular flexibility index (Phi) is 3.17. The number of likely N-dealkylation sites (tertiary alicyclic amines) is 1. The lowest BCUT2D eigenvalue weighted by atomic mass is 9.75. The van der Waals surface area contributed by atoms with Crippen molar-refractivity contribution in [2.75, 3.05) is 13.1 Å². The number of aliphatic carboxylic acids is 1. The van der Waals surface area contributed by atoms with Gasteiger partial charge in [-0.1, -0.05) is 6.92 Å². The van der Waals surface area contributed by atoms with Crippen molar-refractivity contribution in [2.24, 2.45) is 17.8 Å². The number of carboxylic acids is 1. The van der Waals surface area contributed by atoms with Crippen LogP contribution in [0, 0.1) is 17.8 Å². The lowest BCUT2D eigenvalue weighted by molar-refractivity contribution is -0.148. The van der Waals surface area contributed by atoms with Gasteiger partial charge >= 0.3 is 5.97 Å². The molecule has 16 heavy (non-hydrogen) atoms. The fraction of sp³-hybridized carbons (Fsp3) is 0.833. The Morgan fingerprint density at radius 1 is 1.25 bits per heavy atom. The summed E-state index contributed by atoms with van der Waals surface area (Å²) in [7, 11) is 0. The summed E-state index contributed by atoms with van der Waals surface area (Å²) in [4.78, 5) is 24.7. The molecule has 1 saturated heterocycles. The molecule has 0 aromatic heterocycles. The van der Waals surface area contributed by atoms with Gasteiger partial charge in [-0.3, -0.25) is 9.59 Å². The summed E-state index contributed by atoms with van der Waals surface area (Å²) in [6.07, 6.45) is 3.49. The minimum absolute atomic E-state index is 0.169. The van der Waals surface area contributed by atoms with Crippen molar-refractivity contribution < 1.29 is 14.7 Å². The van der Waals surface area contributed by atoms with Crippen LogP contribution in [0.15, 0.2) is 0 Å². The second-order valence-electron chi connectivity index (χ2n) is 5.24. The van der Waals surface area contributed by atoms with E-state index < -0.39 is 5.97 Å². The molecule has 1 atom stereocenters. The average molecular weight is 225 g/mol. The first-order chi connectivity index (χ1) is 7.58. The number of amides is 1. The molecule has 0 unspecified atom stereocenters. The number of carboxylic acid groups (broad SMARTS) is 1. The zero-order valence-corrected chi connectivity index (χ0v) is 9.69. The highest BCUT2D eigenvalue weighted by atomic mass is 16.4. The molecule has 2 fully saturated rings. The quantitative estimate of drug-likeness (QED) is 0.772. The first-order valence-corrected chi connectivity index (χ1v) is 6.09. The van der Waals surface area contributed by atoms with Gasteiger partial charge in [-0.2, -0.15) is 0 Å². The number of nitrogens with zero attached hydrogens (tertiary/aromatic N) is 1. The fourth-order valence-corrected chi connectivity index (χ4v) is 2.74. The third-order valence-corrected chi connectivity index (χ3v) is 3.81. The molecule has 0 aromatic carbocycles. The van der Waals surface area contributed by atoms with Gasteiger partial charge in [0.1, 0.15) is 0 Å². The first kappa shape index (κ1) is 11.4. The summed E-state index contributed by atoms with van der Waals surface area (Å²) in [5, 5.41) is 8.95. The van der Waals surface area contributed by atoms with Crippen molar-refractivity contribution in [1.29, 1.82) is 0 Å². The zero-order valence-electron chi connectivity index (χ0n) is 9.69. The van der Waals surface area contributed by atoms with E-state index in [9.17, 15) is 9.59 Å². The van der Waals surface area contributed by atoms with Crippen LogP contribution in [0.25, 0.3) is 0 Å². The molecule has 1 aliphatic heterocycles. The molecule has 1 heterocycles. The van der Waals surface area contributed by atoms with Crippen LogP contribution in [0.4, 0.5) is 0 Å². The van der Waals surface area contributed by atoms with Crippen molar-refractivity contribution in [2.45, 2.75) is 32.6 Å². The van der Waals surface area contributed by atoms with Crippen LogP contribution in [0.3, 0.4) is 0 Å². The van der Waals surface area contributed by atoms with Crippen LogP contribution in [-0.4, -0.2) is 35.0 Å². The van der Waals surface area contributed by atoms with Crippen LogP contribution in [0.1, 0.15) is 32.6 Å². The molecule has 1 N–H and O–H groups in total. The maximum absolute atomic E-state index is 12.0. The molecule has 1 saturated carbocycles. The summed E-state index contributed by atoms with van der Waals surface area (Å²) in [6.45, 7) is 3.31. The highest BCUT2D eigenvalue weighted by molar-refractivity contribution is 5.81. The number of hydrogen-bond acceptors (Lipinski definition) is 2. The monoisotopic (exact) mass is 225 g/mol. The Bertz CT molecular complexity index is 297. The van der Waals surface area contributed by atoms with E-state index in [2.05, 4.69) is 6.92 Å². The lowest BCUT2D eigenvalue weighted by Crippen LogP contribution is -2.47. The molecule has 0 aromatic rings. The second-order valence-corrected chi connectivity index (χ2v) is 5.24. The summed E-state index contributed by atoms with van der Waals surface area (Å²) in [6, 6.07) is 0. The van der Waals surface area contributed by atoms with E-state index in [1.807, 2.05) is 0 Å². The van der Waals surface area contributed by atoms with Gasteiger partial charge in [0, 0.05) is 19.0 Å². The summed E-state index contributed by atoms with van der Waals surface area (Å²) >= 11 is 0. The summed E-state index contributed by atoms with van der Waals surface area (Å²) in [5.41, 5.74) is 0. The topological polar surface area (TPSA) is 57.6 Å². The Morgan fingerprint density at radius 2 is 1.94 bits per heavy atom. The van der Waals surface area contributed by atoms with Crippen LogP contribution in [0.2, 0.25) is 0 Å². The first-order valence-electron chi connectivity index (χ1n) is 6.09. The number of rotatable bonds is 2. The van der Waals surface area contributed by atoms with Gasteiger partial charge in [-0.05, 0) is 31.6 Å². The molecule has 0 radical (unpaired) electrons. The Morgan fingerprint density at radius 3 is 2.50 bits per heavy atom. The second kappa shape index (κ2) is 4.44. The van der Waals surface area contributed by atoms with E-state index in [0.29, 0.717) is 18.9 Å². The highest BCUT2D eigenvalue weighted by Crippen LogP contribution is 2.35. The van der Waals surface area contributed by atoms with Gasteiger partial charge < -0.3 is 10.0 Å². The molecule has 0 spiro atoms. The predicted octanol–water partition coefficient (Wildman–Crippen LogP) is 1.36. The van der Waals surface area contributed by atoms with E-state index in [0.717, 1.165) is 25.8 Å². The highest BCUT2D eigenvalue weighted by Gasteiger charge is 2.36. The Hall–Kier alpha value is -1.06. The predicted molar refractivity (Wildman–Crippen MR) is 58.8 cm³/mol. The van der Waals surface area contributed by atoms with Gasteiger partial charge in [0.15, 0.2) is 0 Å². The molecule has 4 heteroatoms. The summed E-state index contributed by atoms with van der Waals surface area (Å²) in [5.74, 6) is -0.102. The van der Waals surface area contributed by atoms with Crippen LogP contribution >= 0.6 is 0 Å². The molecule has 2 aliphatic rings. The molecule has 90 valence electrons. The van der Waals surface area contributed by atoms with Crippen molar-refractivity contribution >= 4 is 11.9 Å². The molecule has 1 aliphatic carbocycles. The third kappa shape index (κ3) is 2.20. The molecule has 0 bridgehead atoms. The molecule has 2 rings (SSSR count). The zero-order chi connectivity index (χ0) is 11.7. The van der Waals surface area contributed by atoms with E-state index in [4.69, 9.17) is 5.11 Å². The maximum Gasteiger partial charge on any atom is 0.308 e. The van der Waals surface area contributed by atoms with Crippen molar-refractivity contribution in [1.82, 2.24) is 4.90 Å². The van der Waals surface area contributed by atoms with Gasteiger partial charge in [-0.15, -0.1) is 0 Å². The Balaban J connectivity index is 1.89. The third-order valence-electron chi connectivity index (χ3n) is 3.81. The Labute approximate surface area is 95.6 Å². The van der Waals surface area contributed by atoms with E-state index >= 15 is 0 Å². The molecular formula is C12H19NO3. The maximum atomic E-state index is 12.0. The summed E-state index contributed by atoms with van der Waals surface area (Å²) < 4.78 is 0. The smallest absolute Gasteiger partial charge is 0.308 e. The van der Waals surface area contributed by atoms with Crippen molar-refractivity contribution in [3.63, 3.8) is 0 Å². The fourth-order valence-electron chi connectivity index (χ4n) is 2.74. The van der Waals surface area contributed by atoms with Crippen molar-refractivity contribution in [3.8, 4) is 0 Å². The number of carbonyl (C=O) groups is 2. The van der Waals surface area contributed by atoms with Crippen molar-refractivity contribution in [3.05, 3.63) is 0 Å². The van der Waals surface area contributed by atoms with Gasteiger partial charge in [0.25, 0.3) is 0 Å². The largest absolute Gasteiger partial charge is 0.481 e. The molecule has 4 nitrogen and oxygen atoms in total. The van der Waals surface area contributed by atoms with Crippen LogP contribution < -0.4 is 0 Å². The number of hydrogen-bond donors (Lipinski definition) is 1. The van der Waals surface area contributed by atoms with E-state index in [1.54, 1.807) is 4.90 Å².